The largest absolute Gasteiger partial charge is 0.417 e. The van der Waals surface area contributed by atoms with Crippen LogP contribution in [0.25, 0.3) is 11.1 Å². The summed E-state index contributed by atoms with van der Waals surface area (Å²) < 4.78 is 39.4. The lowest BCUT2D eigenvalue weighted by Gasteiger charge is -2.14. The van der Waals surface area contributed by atoms with E-state index in [9.17, 15) is 13.2 Å². The molecule has 2 aromatic carbocycles. The van der Waals surface area contributed by atoms with Crippen LogP contribution < -0.4 is 0 Å². The molecule has 2 aromatic rings. The fourth-order valence-corrected chi connectivity index (χ4v) is 2.84. The Morgan fingerprint density at radius 3 is 2.17 bits per heavy atom. The van der Waals surface area contributed by atoms with E-state index in [2.05, 4.69) is 31.1 Å². The SMILES string of the molecule is C[Si](C)(C)C#Cc1ccc(-c2ccccc2C(F)(F)F)c(Cl)c1. The smallest absolute Gasteiger partial charge is 0.166 e. The second kappa shape index (κ2) is 6.43. The van der Waals surface area contributed by atoms with Crippen LogP contribution in [-0.4, -0.2) is 8.07 Å². The minimum Gasteiger partial charge on any atom is -0.166 e. The van der Waals surface area contributed by atoms with Crippen molar-refractivity contribution >= 4 is 19.7 Å². The second-order valence-corrected chi connectivity index (χ2v) is 11.4. The number of alkyl halides is 3. The van der Waals surface area contributed by atoms with Crippen LogP contribution in [0, 0.1) is 11.5 Å². The highest BCUT2D eigenvalue weighted by Crippen LogP contribution is 2.39. The van der Waals surface area contributed by atoms with Gasteiger partial charge >= 0.3 is 6.18 Å². The third-order valence-corrected chi connectivity index (χ3v) is 4.26. The Bertz CT molecular complexity index is 777. The van der Waals surface area contributed by atoms with Gasteiger partial charge in [-0.1, -0.05) is 61.4 Å². The van der Waals surface area contributed by atoms with Crippen molar-refractivity contribution in [2.75, 3.05) is 0 Å². The Morgan fingerprint density at radius 2 is 1.61 bits per heavy atom. The Morgan fingerprint density at radius 1 is 0.957 bits per heavy atom. The highest BCUT2D eigenvalue weighted by atomic mass is 35.5. The molecule has 0 fully saturated rings. The van der Waals surface area contributed by atoms with Crippen molar-refractivity contribution in [3.8, 4) is 22.6 Å². The van der Waals surface area contributed by atoms with Gasteiger partial charge in [0.1, 0.15) is 8.07 Å². The van der Waals surface area contributed by atoms with E-state index < -0.39 is 19.8 Å². The molecular formula is C18H16ClF3Si. The fourth-order valence-electron chi connectivity index (χ4n) is 2.04. The highest BCUT2D eigenvalue weighted by molar-refractivity contribution is 6.83. The summed E-state index contributed by atoms with van der Waals surface area (Å²) in [5, 5.41) is 0.268. The molecule has 120 valence electrons. The van der Waals surface area contributed by atoms with Crippen LogP contribution >= 0.6 is 11.6 Å². The number of hydrogen-bond donors (Lipinski definition) is 0. The predicted octanol–water partition coefficient (Wildman–Crippen LogP) is 6.25. The molecule has 0 N–H and O–H groups in total. The number of hydrogen-bond acceptors (Lipinski definition) is 0. The Kier molecular flexibility index (Phi) is 4.93. The molecule has 5 heteroatoms. The quantitative estimate of drug-likeness (QED) is 0.420. The number of halogens is 4. The van der Waals surface area contributed by atoms with E-state index in [1.165, 1.54) is 12.1 Å². The van der Waals surface area contributed by atoms with Crippen molar-refractivity contribution in [2.24, 2.45) is 0 Å². The van der Waals surface area contributed by atoms with Gasteiger partial charge in [-0.05, 0) is 23.8 Å². The average molecular weight is 353 g/mol. The molecular weight excluding hydrogens is 337 g/mol. The highest BCUT2D eigenvalue weighted by Gasteiger charge is 2.33. The molecule has 0 amide bonds. The molecule has 0 nitrogen and oxygen atoms in total. The van der Waals surface area contributed by atoms with Crippen molar-refractivity contribution in [2.45, 2.75) is 25.8 Å². The summed E-state index contributed by atoms with van der Waals surface area (Å²) in [6.45, 7) is 6.36. The summed E-state index contributed by atoms with van der Waals surface area (Å²) >= 11 is 6.21. The molecule has 2 rings (SSSR count). The van der Waals surface area contributed by atoms with E-state index in [0.717, 1.165) is 6.07 Å². The molecule has 0 saturated heterocycles. The van der Waals surface area contributed by atoms with Gasteiger partial charge in [0.15, 0.2) is 0 Å². The fraction of sp³-hybridized carbons (Fsp3) is 0.222. The van der Waals surface area contributed by atoms with Crippen LogP contribution in [0.1, 0.15) is 11.1 Å². The topological polar surface area (TPSA) is 0 Å². The van der Waals surface area contributed by atoms with E-state index in [-0.39, 0.29) is 10.6 Å². The summed E-state index contributed by atoms with van der Waals surface area (Å²) in [6, 6.07) is 10.4. The Labute approximate surface area is 140 Å². The van der Waals surface area contributed by atoms with Gasteiger partial charge in [-0.2, -0.15) is 13.2 Å². The van der Waals surface area contributed by atoms with Gasteiger partial charge in [0.2, 0.25) is 0 Å². The van der Waals surface area contributed by atoms with Crippen molar-refractivity contribution in [1.29, 1.82) is 0 Å². The summed E-state index contributed by atoms with van der Waals surface area (Å²) in [5.74, 6) is 3.05. The average Bonchev–Trinajstić information content (AvgIpc) is 2.43. The molecule has 0 bridgehead atoms. The zero-order chi connectivity index (χ0) is 17.3. The second-order valence-electron chi connectivity index (χ2n) is 6.24. The minimum atomic E-state index is -4.42. The van der Waals surface area contributed by atoms with E-state index in [1.54, 1.807) is 24.3 Å². The summed E-state index contributed by atoms with van der Waals surface area (Å²) in [4.78, 5) is 0. The van der Waals surface area contributed by atoms with Crippen LogP contribution in [0.2, 0.25) is 24.7 Å². The van der Waals surface area contributed by atoms with Crippen LogP contribution in [0.5, 0.6) is 0 Å². The molecule has 0 aliphatic rings. The maximum atomic E-state index is 13.1. The first-order chi connectivity index (χ1) is 10.6. The van der Waals surface area contributed by atoms with Gasteiger partial charge in [0.05, 0.1) is 5.56 Å². The summed E-state index contributed by atoms with van der Waals surface area (Å²) in [5.41, 5.74) is 3.67. The number of benzene rings is 2. The molecule has 23 heavy (non-hydrogen) atoms. The van der Waals surface area contributed by atoms with Crippen LogP contribution in [0.15, 0.2) is 42.5 Å². The van der Waals surface area contributed by atoms with Gasteiger partial charge in [0, 0.05) is 16.1 Å². The van der Waals surface area contributed by atoms with Gasteiger partial charge in [-0.3, -0.25) is 0 Å². The lowest BCUT2D eigenvalue weighted by atomic mass is 9.98. The first-order valence-corrected chi connectivity index (χ1v) is 10.9. The lowest BCUT2D eigenvalue weighted by molar-refractivity contribution is -0.137. The first-order valence-electron chi connectivity index (χ1n) is 7.07. The summed E-state index contributed by atoms with van der Waals surface area (Å²) in [7, 11) is -1.52. The Balaban J connectivity index is 2.49. The van der Waals surface area contributed by atoms with Gasteiger partial charge in [-0.25, -0.2) is 0 Å². The van der Waals surface area contributed by atoms with E-state index in [4.69, 9.17) is 11.6 Å². The minimum absolute atomic E-state index is 0.0784. The molecule has 0 aliphatic heterocycles. The summed E-state index contributed by atoms with van der Waals surface area (Å²) in [6.07, 6.45) is -4.42. The standard InChI is InChI=1S/C18H16ClF3Si/c1-23(2,3)11-10-13-8-9-15(17(19)12-13)14-6-4-5-7-16(14)18(20,21)22/h4-9,12H,1-3H3. The third kappa shape index (κ3) is 4.63. The van der Waals surface area contributed by atoms with Crippen LogP contribution in [0.4, 0.5) is 13.2 Å². The molecule has 0 heterocycles. The van der Waals surface area contributed by atoms with Crippen LogP contribution in [-0.2, 0) is 6.18 Å². The molecule has 0 radical (unpaired) electrons. The lowest BCUT2D eigenvalue weighted by Crippen LogP contribution is -2.16. The molecule has 0 saturated carbocycles. The zero-order valence-corrected chi connectivity index (χ0v) is 14.8. The van der Waals surface area contributed by atoms with Gasteiger partial charge in [0.25, 0.3) is 0 Å². The predicted molar refractivity (Wildman–Crippen MR) is 92.1 cm³/mol. The van der Waals surface area contributed by atoms with Crippen molar-refractivity contribution < 1.29 is 13.2 Å². The van der Waals surface area contributed by atoms with Crippen molar-refractivity contribution in [3.63, 3.8) is 0 Å². The van der Waals surface area contributed by atoms with E-state index >= 15 is 0 Å². The maximum absolute atomic E-state index is 13.1. The first kappa shape index (κ1) is 17.6. The van der Waals surface area contributed by atoms with E-state index in [0.29, 0.717) is 11.1 Å². The van der Waals surface area contributed by atoms with Crippen molar-refractivity contribution in [1.82, 2.24) is 0 Å². The molecule has 0 aromatic heterocycles. The van der Waals surface area contributed by atoms with Gasteiger partial charge in [-0.15, -0.1) is 5.54 Å². The third-order valence-electron chi connectivity index (χ3n) is 3.07. The van der Waals surface area contributed by atoms with Gasteiger partial charge < -0.3 is 0 Å². The molecule has 0 aliphatic carbocycles. The van der Waals surface area contributed by atoms with Crippen molar-refractivity contribution in [3.05, 3.63) is 58.6 Å². The molecule has 0 unspecified atom stereocenters. The molecule has 0 spiro atoms. The van der Waals surface area contributed by atoms with E-state index in [1.807, 2.05) is 0 Å². The maximum Gasteiger partial charge on any atom is 0.417 e. The number of rotatable bonds is 1. The normalized spacial score (nSPS) is 11.8. The monoisotopic (exact) mass is 352 g/mol. The van der Waals surface area contributed by atoms with Crippen LogP contribution in [0.3, 0.4) is 0 Å². The Hall–Kier alpha value is -1.70. The molecule has 0 atom stereocenters. The zero-order valence-electron chi connectivity index (χ0n) is 13.1.